The summed E-state index contributed by atoms with van der Waals surface area (Å²) in [5.74, 6) is 0.485. The van der Waals surface area contributed by atoms with Crippen molar-refractivity contribution in [3.8, 4) is 11.5 Å². The van der Waals surface area contributed by atoms with Gasteiger partial charge < -0.3 is 14.2 Å². The molecule has 0 spiro atoms. The van der Waals surface area contributed by atoms with Gasteiger partial charge in [0.2, 0.25) is 0 Å². The van der Waals surface area contributed by atoms with E-state index < -0.39 is 21.9 Å². The predicted molar refractivity (Wildman–Crippen MR) is 91.2 cm³/mol. The SMILES string of the molecule is CS(=O)(=O)c1ccc(Cl)c(C(=O)OC[C@@H]2COc3ccccc3O2)c1. The molecule has 1 atom stereocenters. The smallest absolute Gasteiger partial charge is 0.339 e. The van der Waals surface area contributed by atoms with Crippen LogP contribution in [0.3, 0.4) is 0 Å². The van der Waals surface area contributed by atoms with E-state index in [4.69, 9.17) is 25.8 Å². The third-order valence-electron chi connectivity index (χ3n) is 3.55. The first-order valence-corrected chi connectivity index (χ1v) is 9.67. The van der Waals surface area contributed by atoms with E-state index in [0.29, 0.717) is 11.5 Å². The second-order valence-electron chi connectivity index (χ2n) is 5.51. The van der Waals surface area contributed by atoms with Gasteiger partial charge in [-0.2, -0.15) is 0 Å². The summed E-state index contributed by atoms with van der Waals surface area (Å²) in [6.45, 7) is 0.188. The van der Waals surface area contributed by atoms with Crippen molar-refractivity contribution in [2.24, 2.45) is 0 Å². The number of fused-ring (bicyclic) bond motifs is 1. The number of rotatable bonds is 4. The number of hydrogen-bond donors (Lipinski definition) is 0. The van der Waals surface area contributed by atoms with Crippen molar-refractivity contribution in [2.45, 2.75) is 11.0 Å². The summed E-state index contributed by atoms with van der Waals surface area (Å²) in [5, 5.41) is 0.114. The summed E-state index contributed by atoms with van der Waals surface area (Å²) in [5.41, 5.74) is -0.0123. The zero-order chi connectivity index (χ0) is 18.0. The fraction of sp³-hybridized carbons (Fsp3) is 0.235. The summed E-state index contributed by atoms with van der Waals surface area (Å²) in [6.07, 6.45) is 0.589. The van der Waals surface area contributed by atoms with Gasteiger partial charge in [-0.3, -0.25) is 0 Å². The lowest BCUT2D eigenvalue weighted by Crippen LogP contribution is -2.34. The molecular formula is C17H15ClO6S. The summed E-state index contributed by atoms with van der Waals surface area (Å²) >= 11 is 5.98. The Morgan fingerprint density at radius 2 is 1.96 bits per heavy atom. The van der Waals surface area contributed by atoms with Gasteiger partial charge in [0.25, 0.3) is 0 Å². The van der Waals surface area contributed by atoms with Crippen molar-refractivity contribution in [2.75, 3.05) is 19.5 Å². The predicted octanol–water partition coefficient (Wildman–Crippen LogP) is 2.74. The van der Waals surface area contributed by atoms with Gasteiger partial charge >= 0.3 is 5.97 Å². The number of ether oxygens (including phenoxy) is 3. The second kappa shape index (κ2) is 6.93. The van der Waals surface area contributed by atoms with Gasteiger partial charge in [-0.15, -0.1) is 0 Å². The number of carbonyl (C=O) groups is 1. The maximum Gasteiger partial charge on any atom is 0.339 e. The fourth-order valence-corrected chi connectivity index (χ4v) is 3.12. The van der Waals surface area contributed by atoms with E-state index in [1.165, 1.54) is 18.2 Å². The summed E-state index contributed by atoms with van der Waals surface area (Å²) in [4.78, 5) is 12.2. The maximum absolute atomic E-state index is 12.2. The molecule has 1 heterocycles. The highest BCUT2D eigenvalue weighted by Crippen LogP contribution is 2.31. The molecule has 0 bridgehead atoms. The molecule has 0 fully saturated rings. The van der Waals surface area contributed by atoms with Crippen LogP contribution >= 0.6 is 11.6 Å². The molecule has 2 aromatic carbocycles. The van der Waals surface area contributed by atoms with Crippen LogP contribution in [0.5, 0.6) is 11.5 Å². The van der Waals surface area contributed by atoms with Gasteiger partial charge in [0.05, 0.1) is 15.5 Å². The number of benzene rings is 2. The Hall–Kier alpha value is -2.25. The Labute approximate surface area is 150 Å². The Bertz CT molecular complexity index is 909. The second-order valence-corrected chi connectivity index (χ2v) is 7.93. The largest absolute Gasteiger partial charge is 0.486 e. The number of sulfone groups is 1. The average molecular weight is 383 g/mol. The number of halogens is 1. The van der Waals surface area contributed by atoms with Gasteiger partial charge in [0.15, 0.2) is 27.4 Å². The van der Waals surface area contributed by atoms with Crippen LogP contribution in [0.2, 0.25) is 5.02 Å². The maximum atomic E-state index is 12.2. The van der Waals surface area contributed by atoms with Crippen molar-refractivity contribution in [1.82, 2.24) is 0 Å². The highest BCUT2D eigenvalue weighted by atomic mass is 35.5. The number of esters is 1. The molecule has 25 heavy (non-hydrogen) atoms. The molecule has 8 heteroatoms. The molecule has 0 aromatic heterocycles. The minimum atomic E-state index is -3.46. The van der Waals surface area contributed by atoms with Crippen LogP contribution < -0.4 is 9.47 Å². The Kier molecular flexibility index (Phi) is 4.87. The van der Waals surface area contributed by atoms with Crippen LogP contribution in [0.25, 0.3) is 0 Å². The molecule has 0 N–H and O–H groups in total. The monoisotopic (exact) mass is 382 g/mol. The van der Waals surface area contributed by atoms with Crippen molar-refractivity contribution in [3.05, 3.63) is 53.1 Å². The number of hydrogen-bond acceptors (Lipinski definition) is 6. The highest BCUT2D eigenvalue weighted by Gasteiger charge is 2.23. The molecular weight excluding hydrogens is 368 g/mol. The van der Waals surface area contributed by atoms with Gasteiger partial charge in [0.1, 0.15) is 13.2 Å². The molecule has 3 rings (SSSR count). The average Bonchev–Trinajstić information content (AvgIpc) is 2.59. The highest BCUT2D eigenvalue weighted by molar-refractivity contribution is 7.90. The van der Waals surface area contributed by atoms with Crippen molar-refractivity contribution in [3.63, 3.8) is 0 Å². The summed E-state index contributed by atoms with van der Waals surface area (Å²) < 4.78 is 39.7. The first-order valence-electron chi connectivity index (χ1n) is 7.40. The lowest BCUT2D eigenvalue weighted by molar-refractivity contribution is 0.0109. The molecule has 132 valence electrons. The molecule has 0 unspecified atom stereocenters. The molecule has 0 amide bonds. The van der Waals surface area contributed by atoms with Crippen molar-refractivity contribution in [1.29, 1.82) is 0 Å². The topological polar surface area (TPSA) is 78.9 Å². The molecule has 0 aliphatic carbocycles. The zero-order valence-electron chi connectivity index (χ0n) is 13.3. The minimum Gasteiger partial charge on any atom is -0.486 e. The van der Waals surface area contributed by atoms with Gasteiger partial charge in [0, 0.05) is 6.26 Å². The molecule has 0 radical (unpaired) electrons. The molecule has 0 saturated carbocycles. The Morgan fingerprint density at radius 3 is 2.68 bits per heavy atom. The molecule has 6 nitrogen and oxygen atoms in total. The number of carbonyl (C=O) groups excluding carboxylic acids is 1. The zero-order valence-corrected chi connectivity index (χ0v) is 14.8. The third kappa shape index (κ3) is 4.05. The van der Waals surface area contributed by atoms with E-state index in [2.05, 4.69) is 0 Å². The normalized spacial score (nSPS) is 16.3. The van der Waals surface area contributed by atoms with Crippen LogP contribution in [0.1, 0.15) is 10.4 Å². The van der Waals surface area contributed by atoms with Crippen LogP contribution in [0.15, 0.2) is 47.4 Å². The fourth-order valence-electron chi connectivity index (χ4n) is 2.28. The van der Waals surface area contributed by atoms with E-state index in [1.54, 1.807) is 12.1 Å². The molecule has 2 aromatic rings. The Balaban J connectivity index is 1.68. The van der Waals surface area contributed by atoms with Crippen molar-refractivity contribution < 1.29 is 27.4 Å². The van der Waals surface area contributed by atoms with E-state index in [0.717, 1.165) is 6.26 Å². The van der Waals surface area contributed by atoms with E-state index in [1.807, 2.05) is 12.1 Å². The van der Waals surface area contributed by atoms with Crippen LogP contribution in [0, 0.1) is 0 Å². The molecule has 1 aliphatic rings. The quantitative estimate of drug-likeness (QED) is 0.756. The van der Waals surface area contributed by atoms with Crippen molar-refractivity contribution >= 4 is 27.4 Å². The first-order chi connectivity index (χ1) is 11.8. The van der Waals surface area contributed by atoms with Gasteiger partial charge in [-0.25, -0.2) is 13.2 Å². The van der Waals surface area contributed by atoms with Crippen LogP contribution in [0.4, 0.5) is 0 Å². The van der Waals surface area contributed by atoms with Gasteiger partial charge in [-0.05, 0) is 30.3 Å². The molecule has 0 saturated heterocycles. The van der Waals surface area contributed by atoms with E-state index in [-0.39, 0.29) is 28.7 Å². The standard InChI is InChI=1S/C17H15ClO6S/c1-25(20,21)12-6-7-14(18)13(8-12)17(19)23-10-11-9-22-15-4-2-3-5-16(15)24-11/h2-8,11H,9-10H2,1H3/t11-/m0/s1. The minimum absolute atomic E-state index is 0.00460. The van der Waals surface area contributed by atoms with Crippen LogP contribution in [-0.4, -0.2) is 40.0 Å². The van der Waals surface area contributed by atoms with E-state index >= 15 is 0 Å². The third-order valence-corrected chi connectivity index (χ3v) is 4.99. The van der Waals surface area contributed by atoms with Gasteiger partial charge in [-0.1, -0.05) is 23.7 Å². The van der Waals surface area contributed by atoms with Crippen LogP contribution in [-0.2, 0) is 14.6 Å². The Morgan fingerprint density at radius 1 is 1.24 bits per heavy atom. The molecule has 1 aliphatic heterocycles. The summed E-state index contributed by atoms with van der Waals surface area (Å²) in [6, 6.07) is 11.1. The van der Waals surface area contributed by atoms with E-state index in [9.17, 15) is 13.2 Å². The lowest BCUT2D eigenvalue weighted by Gasteiger charge is -2.26. The summed E-state index contributed by atoms with van der Waals surface area (Å²) in [7, 11) is -3.46. The number of para-hydroxylation sites is 2. The first kappa shape index (κ1) is 17.6. The lowest BCUT2D eigenvalue weighted by atomic mass is 10.2.